The van der Waals surface area contributed by atoms with Gasteiger partial charge in [0.05, 0.1) is 5.69 Å². The lowest BCUT2D eigenvalue weighted by atomic mass is 10.1. The summed E-state index contributed by atoms with van der Waals surface area (Å²) in [7, 11) is 1.62. The van der Waals surface area contributed by atoms with Crippen LogP contribution in [0.3, 0.4) is 0 Å². The van der Waals surface area contributed by atoms with Gasteiger partial charge in [-0.05, 0) is 24.6 Å². The number of carbonyl (C=O) groups excluding carboxylic acids is 2. The second kappa shape index (κ2) is 6.38. The second-order valence-corrected chi connectivity index (χ2v) is 4.69. The van der Waals surface area contributed by atoms with E-state index >= 15 is 0 Å². The Kier molecular flexibility index (Phi) is 4.57. The van der Waals surface area contributed by atoms with Crippen LogP contribution in [0.5, 0.6) is 5.75 Å². The molecule has 6 heteroatoms. The summed E-state index contributed by atoms with van der Waals surface area (Å²) in [5.74, 6) is 0.552. The van der Waals surface area contributed by atoms with Gasteiger partial charge in [-0.15, -0.1) is 0 Å². The number of carbonyl (C=O) groups is 2. The molecule has 0 fully saturated rings. The predicted molar refractivity (Wildman–Crippen MR) is 75.7 cm³/mol. The van der Waals surface area contributed by atoms with Gasteiger partial charge >= 0.3 is 0 Å². The number of amides is 2. The largest absolute Gasteiger partial charge is 0.482 e. The molecule has 0 radical (unpaired) electrons. The summed E-state index contributed by atoms with van der Waals surface area (Å²) in [6.07, 6.45) is 0.436. The molecule has 108 valence electrons. The monoisotopic (exact) mass is 277 g/mol. The summed E-state index contributed by atoms with van der Waals surface area (Å²) in [6.45, 7) is 2.67. The Morgan fingerprint density at radius 3 is 3.05 bits per heavy atom. The van der Waals surface area contributed by atoms with Crippen LogP contribution < -0.4 is 20.7 Å². The number of benzene rings is 1. The van der Waals surface area contributed by atoms with Crippen LogP contribution in [0.4, 0.5) is 5.69 Å². The number of anilines is 1. The van der Waals surface area contributed by atoms with E-state index in [4.69, 9.17) is 4.74 Å². The van der Waals surface area contributed by atoms with E-state index in [0.717, 1.165) is 5.56 Å². The molecule has 1 unspecified atom stereocenters. The molecule has 6 nitrogen and oxygen atoms in total. The van der Waals surface area contributed by atoms with Crippen molar-refractivity contribution in [1.82, 2.24) is 10.6 Å². The number of ether oxygens (including phenoxy) is 1. The zero-order valence-corrected chi connectivity index (χ0v) is 11.7. The Hall–Kier alpha value is -2.08. The second-order valence-electron chi connectivity index (χ2n) is 4.69. The third-order valence-corrected chi connectivity index (χ3v) is 3.22. The van der Waals surface area contributed by atoms with Crippen molar-refractivity contribution in [3.8, 4) is 5.75 Å². The standard InChI is InChI=1S/C14H19N3O3/c1-9(16-6-5-13(18)15-2)10-3-4-12-11(7-10)17-14(19)8-20-12/h3-4,7,9,16H,5-6,8H2,1-2H3,(H,15,18)(H,17,19). The molecule has 1 heterocycles. The zero-order chi connectivity index (χ0) is 14.5. The van der Waals surface area contributed by atoms with E-state index in [2.05, 4.69) is 16.0 Å². The first-order valence-corrected chi connectivity index (χ1v) is 6.60. The number of fused-ring (bicyclic) bond motifs is 1. The van der Waals surface area contributed by atoms with Crippen LogP contribution in [0, 0.1) is 0 Å². The van der Waals surface area contributed by atoms with E-state index in [1.54, 1.807) is 7.05 Å². The highest BCUT2D eigenvalue weighted by Gasteiger charge is 2.17. The fraction of sp³-hybridized carbons (Fsp3) is 0.429. The molecule has 2 amide bonds. The first-order valence-electron chi connectivity index (χ1n) is 6.60. The lowest BCUT2D eigenvalue weighted by molar-refractivity contribution is -0.120. The van der Waals surface area contributed by atoms with Crippen LogP contribution in [0.25, 0.3) is 0 Å². The number of hydrogen-bond acceptors (Lipinski definition) is 4. The fourth-order valence-corrected chi connectivity index (χ4v) is 2.02. The SMILES string of the molecule is CNC(=O)CCNC(C)c1ccc2c(c1)NC(=O)CO2. The summed E-state index contributed by atoms with van der Waals surface area (Å²) in [6, 6.07) is 5.78. The van der Waals surface area contributed by atoms with Crippen molar-refractivity contribution in [2.24, 2.45) is 0 Å². The average molecular weight is 277 g/mol. The first kappa shape index (κ1) is 14.3. The van der Waals surface area contributed by atoms with Gasteiger partial charge in [-0.3, -0.25) is 9.59 Å². The fourth-order valence-electron chi connectivity index (χ4n) is 2.02. The highest BCUT2D eigenvalue weighted by Crippen LogP contribution is 2.30. The molecule has 1 aliphatic heterocycles. The molecule has 1 aromatic rings. The van der Waals surface area contributed by atoms with Crippen LogP contribution in [-0.4, -0.2) is 32.0 Å². The number of hydrogen-bond donors (Lipinski definition) is 3. The third kappa shape index (κ3) is 3.48. The Morgan fingerprint density at radius 1 is 1.50 bits per heavy atom. The third-order valence-electron chi connectivity index (χ3n) is 3.22. The van der Waals surface area contributed by atoms with Crippen molar-refractivity contribution < 1.29 is 14.3 Å². The van der Waals surface area contributed by atoms with Crippen molar-refractivity contribution in [3.63, 3.8) is 0 Å². The van der Waals surface area contributed by atoms with Gasteiger partial charge in [0.1, 0.15) is 5.75 Å². The predicted octanol–water partition coefficient (Wildman–Crippen LogP) is 0.804. The highest BCUT2D eigenvalue weighted by molar-refractivity contribution is 5.95. The molecule has 3 N–H and O–H groups in total. The van der Waals surface area contributed by atoms with Gasteiger partial charge in [0.15, 0.2) is 6.61 Å². The number of nitrogens with one attached hydrogen (secondary N) is 3. The lowest BCUT2D eigenvalue weighted by Gasteiger charge is -2.21. The van der Waals surface area contributed by atoms with Gasteiger partial charge in [-0.25, -0.2) is 0 Å². The minimum absolute atomic E-state index is 0.0100. The van der Waals surface area contributed by atoms with Crippen molar-refractivity contribution in [3.05, 3.63) is 23.8 Å². The van der Waals surface area contributed by atoms with Crippen molar-refractivity contribution in [2.45, 2.75) is 19.4 Å². The normalized spacial score (nSPS) is 14.8. The number of rotatable bonds is 5. The Balaban J connectivity index is 1.96. The van der Waals surface area contributed by atoms with Crippen LogP contribution >= 0.6 is 0 Å². The summed E-state index contributed by atoms with van der Waals surface area (Å²) in [5, 5.41) is 8.63. The Bertz CT molecular complexity index is 516. The Labute approximate surface area is 117 Å². The molecular formula is C14H19N3O3. The summed E-state index contributed by atoms with van der Waals surface area (Å²) in [5.41, 5.74) is 1.73. The topological polar surface area (TPSA) is 79.5 Å². The van der Waals surface area contributed by atoms with E-state index in [1.807, 2.05) is 25.1 Å². The van der Waals surface area contributed by atoms with E-state index in [1.165, 1.54) is 0 Å². The van der Waals surface area contributed by atoms with Gasteiger partial charge in [0.2, 0.25) is 5.91 Å². The maximum absolute atomic E-state index is 11.3. The van der Waals surface area contributed by atoms with Crippen LogP contribution in [-0.2, 0) is 9.59 Å². The maximum Gasteiger partial charge on any atom is 0.262 e. The van der Waals surface area contributed by atoms with Crippen molar-refractivity contribution in [1.29, 1.82) is 0 Å². The van der Waals surface area contributed by atoms with Crippen LogP contribution in [0.1, 0.15) is 24.9 Å². The van der Waals surface area contributed by atoms with Gasteiger partial charge in [0.25, 0.3) is 5.91 Å². The molecule has 0 spiro atoms. The van der Waals surface area contributed by atoms with E-state index in [9.17, 15) is 9.59 Å². The minimum Gasteiger partial charge on any atom is -0.482 e. The molecule has 0 saturated heterocycles. The molecule has 0 bridgehead atoms. The molecule has 20 heavy (non-hydrogen) atoms. The maximum atomic E-state index is 11.3. The summed E-state index contributed by atoms with van der Waals surface area (Å²) in [4.78, 5) is 22.4. The van der Waals surface area contributed by atoms with Crippen molar-refractivity contribution in [2.75, 3.05) is 25.5 Å². The summed E-state index contributed by atoms with van der Waals surface area (Å²) >= 11 is 0. The smallest absolute Gasteiger partial charge is 0.262 e. The van der Waals surface area contributed by atoms with Gasteiger partial charge in [0, 0.05) is 26.1 Å². The van der Waals surface area contributed by atoms with Gasteiger partial charge in [-0.2, -0.15) is 0 Å². The van der Waals surface area contributed by atoms with E-state index < -0.39 is 0 Å². The molecule has 1 aliphatic rings. The molecule has 0 aliphatic carbocycles. The minimum atomic E-state index is -0.144. The quantitative estimate of drug-likeness (QED) is 0.744. The molecule has 0 saturated carbocycles. The highest BCUT2D eigenvalue weighted by atomic mass is 16.5. The zero-order valence-electron chi connectivity index (χ0n) is 11.7. The van der Waals surface area contributed by atoms with Crippen LogP contribution in [0.15, 0.2) is 18.2 Å². The lowest BCUT2D eigenvalue weighted by Crippen LogP contribution is -2.27. The average Bonchev–Trinajstić information content (AvgIpc) is 2.46. The van der Waals surface area contributed by atoms with Gasteiger partial charge < -0.3 is 20.7 Å². The van der Waals surface area contributed by atoms with E-state index in [-0.39, 0.29) is 24.5 Å². The first-order chi connectivity index (χ1) is 9.60. The Morgan fingerprint density at radius 2 is 2.30 bits per heavy atom. The van der Waals surface area contributed by atoms with Gasteiger partial charge in [-0.1, -0.05) is 6.07 Å². The molecule has 0 aromatic heterocycles. The van der Waals surface area contributed by atoms with Crippen molar-refractivity contribution >= 4 is 17.5 Å². The molecule has 2 rings (SSSR count). The summed E-state index contributed by atoms with van der Waals surface area (Å²) < 4.78 is 5.31. The molecule has 1 aromatic carbocycles. The van der Waals surface area contributed by atoms with E-state index in [0.29, 0.717) is 24.4 Å². The van der Waals surface area contributed by atoms with Crippen LogP contribution in [0.2, 0.25) is 0 Å². The molecular weight excluding hydrogens is 258 g/mol. The molecule has 1 atom stereocenters.